The molecule has 0 saturated carbocycles. The van der Waals surface area contributed by atoms with E-state index in [1.807, 2.05) is 38.1 Å². The van der Waals surface area contributed by atoms with Gasteiger partial charge < -0.3 is 11.1 Å². The minimum Gasteiger partial charge on any atom is -0.398 e. The third-order valence-electron chi connectivity index (χ3n) is 2.90. The molecule has 0 bridgehead atoms. The predicted octanol–water partition coefficient (Wildman–Crippen LogP) is 3.14. The quantitative estimate of drug-likeness (QED) is 0.792. The van der Waals surface area contributed by atoms with Gasteiger partial charge in [0.2, 0.25) is 0 Å². The van der Waals surface area contributed by atoms with Crippen LogP contribution in [0, 0.1) is 13.8 Å². The Morgan fingerprint density at radius 2 is 1.83 bits per heavy atom. The summed E-state index contributed by atoms with van der Waals surface area (Å²) in [7, 11) is 0. The Kier molecular flexibility index (Phi) is 3.33. The van der Waals surface area contributed by atoms with Crippen molar-refractivity contribution in [3.63, 3.8) is 0 Å². The van der Waals surface area contributed by atoms with Crippen LogP contribution in [-0.2, 0) is 0 Å². The van der Waals surface area contributed by atoms with Crippen LogP contribution < -0.4 is 11.1 Å². The molecule has 0 radical (unpaired) electrons. The van der Waals surface area contributed by atoms with E-state index in [-0.39, 0.29) is 5.91 Å². The molecule has 2 rings (SSSR count). The van der Waals surface area contributed by atoms with E-state index in [4.69, 9.17) is 5.73 Å². The van der Waals surface area contributed by atoms with Gasteiger partial charge in [0, 0.05) is 16.9 Å². The molecule has 3 nitrogen and oxygen atoms in total. The number of nitrogens with two attached hydrogens (primary N) is 1. The molecule has 0 fully saturated rings. The number of carbonyl (C=O) groups excluding carboxylic acids is 1. The highest BCUT2D eigenvalue weighted by atomic mass is 16.1. The van der Waals surface area contributed by atoms with E-state index in [1.165, 1.54) is 0 Å². The van der Waals surface area contributed by atoms with Gasteiger partial charge in [-0.05, 0) is 49.2 Å². The van der Waals surface area contributed by atoms with E-state index in [2.05, 4.69) is 5.32 Å². The highest BCUT2D eigenvalue weighted by Crippen LogP contribution is 2.17. The maximum Gasteiger partial charge on any atom is 0.256 e. The van der Waals surface area contributed by atoms with E-state index in [9.17, 15) is 4.79 Å². The fourth-order valence-corrected chi connectivity index (χ4v) is 1.82. The molecule has 0 aromatic heterocycles. The molecule has 0 aliphatic carbocycles. The summed E-state index contributed by atoms with van der Waals surface area (Å²) in [5, 5.41) is 2.87. The summed E-state index contributed by atoms with van der Waals surface area (Å²) in [4.78, 5) is 12.1. The Hall–Kier alpha value is -2.29. The lowest BCUT2D eigenvalue weighted by Crippen LogP contribution is -2.14. The number of anilines is 2. The van der Waals surface area contributed by atoms with Crippen molar-refractivity contribution < 1.29 is 4.79 Å². The number of nitrogens with one attached hydrogen (secondary N) is 1. The number of nitrogen functional groups attached to an aromatic ring is 1. The van der Waals surface area contributed by atoms with E-state index in [1.54, 1.807) is 18.2 Å². The van der Waals surface area contributed by atoms with Gasteiger partial charge in [0.25, 0.3) is 5.91 Å². The average molecular weight is 240 g/mol. The van der Waals surface area contributed by atoms with Gasteiger partial charge in [-0.15, -0.1) is 0 Å². The summed E-state index contributed by atoms with van der Waals surface area (Å²) in [6.07, 6.45) is 0. The molecule has 0 spiro atoms. The number of aryl methyl sites for hydroxylation is 1. The summed E-state index contributed by atoms with van der Waals surface area (Å²) in [6, 6.07) is 13.0. The van der Waals surface area contributed by atoms with Gasteiger partial charge in [-0.3, -0.25) is 4.79 Å². The van der Waals surface area contributed by atoms with Crippen LogP contribution in [0.2, 0.25) is 0 Å². The van der Waals surface area contributed by atoms with Gasteiger partial charge in [0.1, 0.15) is 0 Å². The molecule has 3 N–H and O–H groups in total. The zero-order valence-corrected chi connectivity index (χ0v) is 10.5. The van der Waals surface area contributed by atoms with E-state index in [0.717, 1.165) is 16.8 Å². The summed E-state index contributed by atoms with van der Waals surface area (Å²) in [6.45, 7) is 3.84. The van der Waals surface area contributed by atoms with Crippen molar-refractivity contribution in [1.82, 2.24) is 0 Å². The van der Waals surface area contributed by atoms with Crippen LogP contribution in [0.5, 0.6) is 0 Å². The molecule has 3 heteroatoms. The van der Waals surface area contributed by atoms with Gasteiger partial charge in [-0.25, -0.2) is 0 Å². The Morgan fingerprint density at radius 1 is 1.11 bits per heavy atom. The minimum absolute atomic E-state index is 0.134. The third-order valence-corrected chi connectivity index (χ3v) is 2.90. The Labute approximate surface area is 107 Å². The Balaban J connectivity index is 2.25. The largest absolute Gasteiger partial charge is 0.398 e. The van der Waals surface area contributed by atoms with Crippen molar-refractivity contribution in [2.45, 2.75) is 13.8 Å². The molecule has 0 unspecified atom stereocenters. The smallest absolute Gasteiger partial charge is 0.256 e. The number of amides is 1. The van der Waals surface area contributed by atoms with Gasteiger partial charge in [0.05, 0.1) is 0 Å². The molecular weight excluding hydrogens is 224 g/mol. The van der Waals surface area contributed by atoms with Crippen molar-refractivity contribution in [1.29, 1.82) is 0 Å². The fourth-order valence-electron chi connectivity index (χ4n) is 1.82. The van der Waals surface area contributed by atoms with Gasteiger partial charge in [-0.2, -0.15) is 0 Å². The lowest BCUT2D eigenvalue weighted by atomic mass is 10.1. The van der Waals surface area contributed by atoms with Crippen LogP contribution in [0.25, 0.3) is 0 Å². The summed E-state index contributed by atoms with van der Waals surface area (Å²) < 4.78 is 0. The predicted molar refractivity (Wildman–Crippen MR) is 74.7 cm³/mol. The maximum atomic E-state index is 12.1. The topological polar surface area (TPSA) is 55.1 Å². The Morgan fingerprint density at radius 3 is 2.56 bits per heavy atom. The third kappa shape index (κ3) is 2.51. The van der Waals surface area contributed by atoms with Gasteiger partial charge >= 0.3 is 0 Å². The van der Waals surface area contributed by atoms with E-state index in [0.29, 0.717) is 11.3 Å². The molecule has 0 saturated heterocycles. The van der Waals surface area contributed by atoms with Crippen LogP contribution in [0.1, 0.15) is 21.5 Å². The molecule has 18 heavy (non-hydrogen) atoms. The number of hydrogen-bond donors (Lipinski definition) is 2. The second-order valence-corrected chi connectivity index (χ2v) is 4.34. The highest BCUT2D eigenvalue weighted by molar-refractivity contribution is 6.06. The molecule has 2 aromatic rings. The summed E-state index contributed by atoms with van der Waals surface area (Å²) >= 11 is 0. The first-order valence-electron chi connectivity index (χ1n) is 5.81. The molecule has 1 amide bonds. The summed E-state index contributed by atoms with van der Waals surface area (Å²) in [5.41, 5.74) is 9.74. The van der Waals surface area contributed by atoms with Crippen LogP contribution in [-0.4, -0.2) is 5.91 Å². The zero-order chi connectivity index (χ0) is 13.1. The molecular formula is C15H16N2O. The average Bonchev–Trinajstić information content (AvgIpc) is 2.32. The lowest BCUT2D eigenvalue weighted by Gasteiger charge is -2.09. The minimum atomic E-state index is -0.134. The molecule has 0 aliphatic heterocycles. The van der Waals surface area contributed by atoms with E-state index >= 15 is 0 Å². The SMILES string of the molecule is Cc1cccc(NC(=O)c2cccc(N)c2C)c1. The summed E-state index contributed by atoms with van der Waals surface area (Å²) in [5.74, 6) is -0.134. The number of benzene rings is 2. The molecule has 0 aliphatic rings. The standard InChI is InChI=1S/C15H16N2O/c1-10-5-3-6-12(9-10)17-15(18)13-7-4-8-14(16)11(13)2/h3-9H,16H2,1-2H3,(H,17,18). The van der Waals surface area contributed by atoms with Crippen LogP contribution in [0.15, 0.2) is 42.5 Å². The van der Waals surface area contributed by atoms with Crippen molar-refractivity contribution in [2.24, 2.45) is 0 Å². The Bertz CT molecular complexity index is 591. The first kappa shape index (κ1) is 12.2. The number of rotatable bonds is 2. The second kappa shape index (κ2) is 4.92. The van der Waals surface area contributed by atoms with Crippen LogP contribution >= 0.6 is 0 Å². The molecule has 92 valence electrons. The zero-order valence-electron chi connectivity index (χ0n) is 10.5. The first-order valence-corrected chi connectivity index (χ1v) is 5.81. The first-order chi connectivity index (χ1) is 8.58. The van der Waals surface area contributed by atoms with E-state index < -0.39 is 0 Å². The van der Waals surface area contributed by atoms with Crippen LogP contribution in [0.4, 0.5) is 11.4 Å². The second-order valence-electron chi connectivity index (χ2n) is 4.34. The molecule has 0 heterocycles. The number of hydrogen-bond acceptors (Lipinski definition) is 2. The van der Waals surface area contributed by atoms with Crippen molar-refractivity contribution >= 4 is 17.3 Å². The van der Waals surface area contributed by atoms with Crippen molar-refractivity contribution in [3.8, 4) is 0 Å². The monoisotopic (exact) mass is 240 g/mol. The van der Waals surface area contributed by atoms with Crippen molar-refractivity contribution in [2.75, 3.05) is 11.1 Å². The van der Waals surface area contributed by atoms with Crippen LogP contribution in [0.3, 0.4) is 0 Å². The van der Waals surface area contributed by atoms with Gasteiger partial charge in [0.15, 0.2) is 0 Å². The highest BCUT2D eigenvalue weighted by Gasteiger charge is 2.10. The lowest BCUT2D eigenvalue weighted by molar-refractivity contribution is 0.102. The maximum absolute atomic E-state index is 12.1. The molecule has 0 atom stereocenters. The fraction of sp³-hybridized carbons (Fsp3) is 0.133. The van der Waals surface area contributed by atoms with Crippen molar-refractivity contribution in [3.05, 3.63) is 59.2 Å². The van der Waals surface area contributed by atoms with Gasteiger partial charge in [-0.1, -0.05) is 18.2 Å². The number of carbonyl (C=O) groups is 1. The molecule has 2 aromatic carbocycles. The normalized spacial score (nSPS) is 10.1.